The monoisotopic (exact) mass is 297 g/mol. The summed E-state index contributed by atoms with van der Waals surface area (Å²) in [4.78, 5) is 32.3. The molecule has 0 saturated heterocycles. The van der Waals surface area contributed by atoms with Crippen LogP contribution in [-0.4, -0.2) is 51.7 Å². The van der Waals surface area contributed by atoms with E-state index in [1.807, 2.05) is 20.1 Å². The first-order chi connectivity index (χ1) is 9.35. The largest absolute Gasteiger partial charge is 0.480 e. The minimum atomic E-state index is -1.01. The number of carbonyl (C=O) groups is 2. The Morgan fingerprint density at radius 3 is 2.25 bits per heavy atom. The third-order valence-corrected chi connectivity index (χ3v) is 3.52. The zero-order valence-corrected chi connectivity index (χ0v) is 13.0. The second kappa shape index (κ2) is 7.23. The number of amides is 1. The molecule has 1 rings (SSSR count). The van der Waals surface area contributed by atoms with E-state index in [1.54, 1.807) is 0 Å². The molecule has 1 aromatic rings. The van der Waals surface area contributed by atoms with Gasteiger partial charge in [0.15, 0.2) is 5.16 Å². The highest BCUT2D eigenvalue weighted by molar-refractivity contribution is 7.98. The van der Waals surface area contributed by atoms with Crippen LogP contribution in [0.25, 0.3) is 0 Å². The molecule has 1 amide bonds. The van der Waals surface area contributed by atoms with Gasteiger partial charge in [-0.1, -0.05) is 11.8 Å². The van der Waals surface area contributed by atoms with Crippen molar-refractivity contribution < 1.29 is 14.7 Å². The fourth-order valence-corrected chi connectivity index (χ4v) is 2.33. The molecule has 0 radical (unpaired) electrons. The van der Waals surface area contributed by atoms with Gasteiger partial charge in [0.2, 0.25) is 5.91 Å². The lowest BCUT2D eigenvalue weighted by Gasteiger charge is -2.15. The van der Waals surface area contributed by atoms with Crippen molar-refractivity contribution in [3.05, 3.63) is 17.0 Å². The van der Waals surface area contributed by atoms with Crippen LogP contribution >= 0.6 is 11.8 Å². The molecule has 0 atom stereocenters. The second-order valence-corrected chi connectivity index (χ2v) is 5.28. The SMILES string of the molecule is CSc1nc(C)c(CCC(=O)N(C)CC(=O)O)c(C)n1. The highest BCUT2D eigenvalue weighted by Gasteiger charge is 2.14. The van der Waals surface area contributed by atoms with Gasteiger partial charge >= 0.3 is 5.97 Å². The summed E-state index contributed by atoms with van der Waals surface area (Å²) in [5, 5.41) is 9.37. The molecule has 20 heavy (non-hydrogen) atoms. The number of hydrogen-bond acceptors (Lipinski definition) is 5. The van der Waals surface area contributed by atoms with Crippen LogP contribution in [0.4, 0.5) is 0 Å². The number of carboxylic acids is 1. The van der Waals surface area contributed by atoms with Crippen molar-refractivity contribution in [2.75, 3.05) is 19.8 Å². The van der Waals surface area contributed by atoms with Gasteiger partial charge in [0.25, 0.3) is 0 Å². The minimum Gasteiger partial charge on any atom is -0.480 e. The summed E-state index contributed by atoms with van der Waals surface area (Å²) in [5.74, 6) is -1.21. The van der Waals surface area contributed by atoms with E-state index in [4.69, 9.17) is 5.11 Å². The van der Waals surface area contributed by atoms with E-state index < -0.39 is 5.97 Å². The third-order valence-electron chi connectivity index (χ3n) is 2.97. The summed E-state index contributed by atoms with van der Waals surface area (Å²) >= 11 is 1.48. The zero-order chi connectivity index (χ0) is 15.3. The van der Waals surface area contributed by atoms with Crippen LogP contribution in [0, 0.1) is 13.8 Å². The molecular weight excluding hydrogens is 278 g/mol. The van der Waals surface area contributed by atoms with Crippen LogP contribution in [0.1, 0.15) is 23.4 Å². The van der Waals surface area contributed by atoms with Gasteiger partial charge in [0, 0.05) is 24.9 Å². The Bertz CT molecular complexity index is 497. The molecule has 1 N–H and O–H groups in total. The molecule has 1 aromatic heterocycles. The van der Waals surface area contributed by atoms with Crippen LogP contribution in [-0.2, 0) is 16.0 Å². The van der Waals surface area contributed by atoms with Crippen LogP contribution in [0.3, 0.4) is 0 Å². The topological polar surface area (TPSA) is 83.4 Å². The lowest BCUT2D eigenvalue weighted by atomic mass is 10.1. The molecule has 0 fully saturated rings. The van der Waals surface area contributed by atoms with Gasteiger partial charge in [0.1, 0.15) is 6.54 Å². The normalized spacial score (nSPS) is 10.4. The molecule has 0 aliphatic heterocycles. The first kappa shape index (κ1) is 16.4. The van der Waals surface area contributed by atoms with E-state index in [9.17, 15) is 9.59 Å². The van der Waals surface area contributed by atoms with Gasteiger partial charge in [-0.2, -0.15) is 0 Å². The minimum absolute atomic E-state index is 0.194. The number of rotatable bonds is 6. The van der Waals surface area contributed by atoms with Gasteiger partial charge in [-0.05, 0) is 32.1 Å². The zero-order valence-electron chi connectivity index (χ0n) is 12.1. The van der Waals surface area contributed by atoms with Crippen molar-refractivity contribution in [3.63, 3.8) is 0 Å². The van der Waals surface area contributed by atoms with Gasteiger partial charge in [-0.3, -0.25) is 9.59 Å². The predicted octanol–water partition coefficient (Wildman–Crippen LogP) is 1.29. The average Bonchev–Trinajstić information content (AvgIpc) is 2.36. The van der Waals surface area contributed by atoms with E-state index in [0.29, 0.717) is 6.42 Å². The maximum absolute atomic E-state index is 11.8. The number of nitrogens with zero attached hydrogens (tertiary/aromatic N) is 3. The van der Waals surface area contributed by atoms with Gasteiger partial charge in [-0.15, -0.1) is 0 Å². The van der Waals surface area contributed by atoms with Crippen LogP contribution in [0.15, 0.2) is 5.16 Å². The van der Waals surface area contributed by atoms with Gasteiger partial charge < -0.3 is 10.0 Å². The summed E-state index contributed by atoms with van der Waals surface area (Å²) in [6.45, 7) is 3.52. The van der Waals surface area contributed by atoms with E-state index in [0.717, 1.165) is 22.1 Å². The van der Waals surface area contributed by atoms with Gasteiger partial charge in [0.05, 0.1) is 0 Å². The fourth-order valence-electron chi connectivity index (χ4n) is 1.88. The second-order valence-electron chi connectivity index (χ2n) is 4.50. The number of aliphatic carboxylic acids is 1. The van der Waals surface area contributed by atoms with Crippen molar-refractivity contribution in [2.24, 2.45) is 0 Å². The van der Waals surface area contributed by atoms with E-state index in [2.05, 4.69) is 9.97 Å². The molecule has 0 spiro atoms. The summed E-state index contributed by atoms with van der Waals surface area (Å²) < 4.78 is 0. The van der Waals surface area contributed by atoms with E-state index >= 15 is 0 Å². The molecule has 0 bridgehead atoms. The Labute approximate surface area is 122 Å². The highest BCUT2D eigenvalue weighted by Crippen LogP contribution is 2.17. The van der Waals surface area contributed by atoms with Crippen molar-refractivity contribution in [1.29, 1.82) is 0 Å². The summed E-state index contributed by atoms with van der Waals surface area (Å²) in [6.07, 6.45) is 2.70. The smallest absolute Gasteiger partial charge is 0.323 e. The Morgan fingerprint density at radius 1 is 1.25 bits per heavy atom. The van der Waals surface area contributed by atoms with Crippen molar-refractivity contribution in [2.45, 2.75) is 31.8 Å². The fraction of sp³-hybridized carbons (Fsp3) is 0.538. The molecule has 110 valence electrons. The number of carboxylic acid groups (broad SMARTS) is 1. The maximum Gasteiger partial charge on any atom is 0.323 e. The summed E-state index contributed by atoms with van der Waals surface area (Å²) in [6, 6.07) is 0. The Morgan fingerprint density at radius 2 is 1.80 bits per heavy atom. The lowest BCUT2D eigenvalue weighted by molar-refractivity contribution is -0.143. The number of carbonyl (C=O) groups excluding carboxylic acids is 1. The number of likely N-dealkylation sites (N-methyl/N-ethyl adjacent to an activating group) is 1. The summed E-state index contributed by atoms with van der Waals surface area (Å²) in [5.41, 5.74) is 2.70. The molecule has 0 aliphatic carbocycles. The Balaban J connectivity index is 2.71. The van der Waals surface area contributed by atoms with Gasteiger partial charge in [-0.25, -0.2) is 9.97 Å². The third kappa shape index (κ3) is 4.48. The Hall–Kier alpha value is -1.63. The number of aryl methyl sites for hydroxylation is 2. The molecule has 0 saturated carbocycles. The molecule has 7 heteroatoms. The van der Waals surface area contributed by atoms with Crippen LogP contribution < -0.4 is 0 Å². The first-order valence-corrected chi connectivity index (χ1v) is 7.41. The van der Waals surface area contributed by atoms with Crippen LogP contribution in [0.5, 0.6) is 0 Å². The molecular formula is C13H19N3O3S. The number of aromatic nitrogens is 2. The predicted molar refractivity (Wildman–Crippen MR) is 76.9 cm³/mol. The van der Waals surface area contributed by atoms with Crippen molar-refractivity contribution in [1.82, 2.24) is 14.9 Å². The molecule has 0 unspecified atom stereocenters. The van der Waals surface area contributed by atoms with E-state index in [-0.39, 0.29) is 18.9 Å². The highest BCUT2D eigenvalue weighted by atomic mass is 32.2. The summed E-state index contributed by atoms with van der Waals surface area (Å²) in [7, 11) is 1.49. The molecule has 6 nitrogen and oxygen atoms in total. The van der Waals surface area contributed by atoms with Crippen molar-refractivity contribution >= 4 is 23.6 Å². The lowest BCUT2D eigenvalue weighted by Crippen LogP contribution is -2.32. The quantitative estimate of drug-likeness (QED) is 0.629. The van der Waals surface area contributed by atoms with Crippen molar-refractivity contribution in [3.8, 4) is 0 Å². The molecule has 1 heterocycles. The number of thioether (sulfide) groups is 1. The number of hydrogen-bond donors (Lipinski definition) is 1. The average molecular weight is 297 g/mol. The standard InChI is InChI=1S/C13H19N3O3S/c1-8-10(9(2)15-13(14-8)20-4)5-6-11(17)16(3)7-12(18)19/h5-7H2,1-4H3,(H,18,19). The maximum atomic E-state index is 11.8. The molecule has 0 aromatic carbocycles. The van der Waals surface area contributed by atoms with Crippen LogP contribution in [0.2, 0.25) is 0 Å². The Kier molecular flexibility index (Phi) is 5.94. The van der Waals surface area contributed by atoms with E-state index in [1.165, 1.54) is 23.7 Å². The molecule has 0 aliphatic rings. The first-order valence-electron chi connectivity index (χ1n) is 6.19.